The van der Waals surface area contributed by atoms with Crippen LogP contribution in [-0.2, 0) is 9.53 Å². The van der Waals surface area contributed by atoms with E-state index in [-0.39, 0.29) is 18.7 Å². The predicted octanol–water partition coefficient (Wildman–Crippen LogP) is 2.99. The lowest BCUT2D eigenvalue weighted by molar-refractivity contribution is -0.143. The van der Waals surface area contributed by atoms with Crippen LogP contribution >= 0.6 is 0 Å². The third-order valence-corrected chi connectivity index (χ3v) is 4.40. The van der Waals surface area contributed by atoms with E-state index in [0.717, 1.165) is 5.69 Å². The molecule has 0 saturated carbocycles. The number of aromatic nitrogens is 3. The minimum Gasteiger partial charge on any atom is -0.466 e. The van der Waals surface area contributed by atoms with Crippen LogP contribution in [0.25, 0.3) is 22.6 Å². The van der Waals surface area contributed by atoms with Gasteiger partial charge in [0.15, 0.2) is 11.5 Å². The number of rotatable bonds is 4. The second-order valence-electron chi connectivity index (χ2n) is 6.26. The number of anilines is 1. The highest BCUT2D eigenvalue weighted by Crippen LogP contribution is 2.35. The lowest BCUT2D eigenvalue weighted by atomic mass is 10.1. The molecule has 2 aromatic carbocycles. The molecule has 8 heteroatoms. The second-order valence-corrected chi connectivity index (χ2v) is 6.26. The molecule has 4 rings (SSSR count). The molecule has 0 amide bonds. The van der Waals surface area contributed by atoms with Crippen LogP contribution in [-0.4, -0.2) is 27.3 Å². The molecular formula is C20H17FN4O3. The molecule has 3 aromatic rings. The van der Waals surface area contributed by atoms with Crippen molar-refractivity contribution in [2.24, 2.45) is 0 Å². The molecule has 1 aromatic heterocycles. The average molecular weight is 380 g/mol. The standard InChI is InChI=1S/C20H17FN4O3/c1-2-28-17(26)11-16-22-15-6-4-3-5-14(15)19-23-20(27)18(24-25(16)19)12-7-9-13(21)10-8-12/h3-10,16,22H,2,11H2,1H3. The number of nitrogens with zero attached hydrogens (tertiary/aromatic N) is 3. The monoisotopic (exact) mass is 380 g/mol. The van der Waals surface area contributed by atoms with Crippen molar-refractivity contribution in [2.75, 3.05) is 11.9 Å². The zero-order chi connectivity index (χ0) is 19.7. The lowest BCUT2D eigenvalue weighted by Gasteiger charge is -2.29. The third kappa shape index (κ3) is 3.24. The van der Waals surface area contributed by atoms with Gasteiger partial charge in [-0.25, -0.2) is 9.07 Å². The lowest BCUT2D eigenvalue weighted by Crippen LogP contribution is -2.33. The number of fused-ring (bicyclic) bond motifs is 3. The predicted molar refractivity (Wildman–Crippen MR) is 101 cm³/mol. The summed E-state index contributed by atoms with van der Waals surface area (Å²) in [6.45, 7) is 2.00. The molecule has 0 bridgehead atoms. The number of benzene rings is 2. The molecule has 2 heterocycles. The molecule has 7 nitrogen and oxygen atoms in total. The molecular weight excluding hydrogens is 363 g/mol. The summed E-state index contributed by atoms with van der Waals surface area (Å²) in [6, 6.07) is 12.8. The molecule has 1 atom stereocenters. The van der Waals surface area contributed by atoms with Crippen molar-refractivity contribution < 1.29 is 13.9 Å². The fourth-order valence-corrected chi connectivity index (χ4v) is 3.15. The Morgan fingerprint density at radius 1 is 1.21 bits per heavy atom. The number of hydrogen-bond acceptors (Lipinski definition) is 6. The first-order chi connectivity index (χ1) is 13.6. The molecule has 1 aliphatic heterocycles. The van der Waals surface area contributed by atoms with Crippen LogP contribution in [0.15, 0.2) is 53.3 Å². The maximum atomic E-state index is 13.2. The second kappa shape index (κ2) is 7.22. The Morgan fingerprint density at radius 2 is 1.96 bits per heavy atom. The summed E-state index contributed by atoms with van der Waals surface area (Å²) in [5.41, 5.74) is 1.46. The fraction of sp³-hybridized carbons (Fsp3) is 0.200. The van der Waals surface area contributed by atoms with Crippen LogP contribution in [0.4, 0.5) is 10.1 Å². The molecule has 0 saturated heterocycles. The van der Waals surface area contributed by atoms with E-state index in [1.165, 1.54) is 28.9 Å². The van der Waals surface area contributed by atoms with Gasteiger partial charge in [0.1, 0.15) is 12.0 Å². The van der Waals surface area contributed by atoms with Crippen molar-refractivity contribution in [1.82, 2.24) is 14.8 Å². The van der Waals surface area contributed by atoms with Gasteiger partial charge < -0.3 is 10.1 Å². The van der Waals surface area contributed by atoms with Gasteiger partial charge in [-0.1, -0.05) is 12.1 Å². The Labute approximate surface area is 159 Å². The zero-order valence-corrected chi connectivity index (χ0v) is 15.1. The Bertz CT molecular complexity index is 1100. The summed E-state index contributed by atoms with van der Waals surface area (Å²) in [5.74, 6) is -0.445. The highest BCUT2D eigenvalue weighted by Gasteiger charge is 2.28. The highest BCUT2D eigenvalue weighted by molar-refractivity contribution is 5.78. The molecule has 28 heavy (non-hydrogen) atoms. The largest absolute Gasteiger partial charge is 0.466 e. The summed E-state index contributed by atoms with van der Waals surface area (Å²) < 4.78 is 19.8. The maximum Gasteiger partial charge on any atom is 0.309 e. The SMILES string of the molecule is CCOC(=O)CC1Nc2ccccc2-c2nc(=O)c(-c3ccc(F)cc3)nn21. The van der Waals surface area contributed by atoms with Crippen LogP contribution in [0.1, 0.15) is 19.5 Å². The Balaban J connectivity index is 1.85. The van der Waals surface area contributed by atoms with Crippen molar-refractivity contribution in [3.63, 3.8) is 0 Å². The molecule has 1 aliphatic rings. The first-order valence-corrected chi connectivity index (χ1v) is 8.85. The van der Waals surface area contributed by atoms with Gasteiger partial charge in [0.25, 0.3) is 5.56 Å². The number of nitrogens with one attached hydrogen (secondary N) is 1. The average Bonchev–Trinajstić information content (AvgIpc) is 2.69. The van der Waals surface area contributed by atoms with E-state index in [1.54, 1.807) is 6.92 Å². The van der Waals surface area contributed by atoms with Crippen LogP contribution in [0.2, 0.25) is 0 Å². The van der Waals surface area contributed by atoms with E-state index in [4.69, 9.17) is 4.74 Å². The van der Waals surface area contributed by atoms with E-state index < -0.39 is 23.5 Å². The van der Waals surface area contributed by atoms with Gasteiger partial charge in [-0.3, -0.25) is 9.59 Å². The van der Waals surface area contributed by atoms with Crippen LogP contribution in [0.5, 0.6) is 0 Å². The van der Waals surface area contributed by atoms with Gasteiger partial charge in [-0.05, 0) is 43.3 Å². The minimum atomic E-state index is -0.573. The number of halogens is 1. The Hall–Kier alpha value is -3.55. The first kappa shape index (κ1) is 17.8. The molecule has 0 fully saturated rings. The molecule has 0 radical (unpaired) electrons. The molecule has 0 spiro atoms. The van der Waals surface area contributed by atoms with E-state index in [2.05, 4.69) is 15.4 Å². The normalized spacial score (nSPS) is 14.6. The van der Waals surface area contributed by atoms with Gasteiger partial charge in [-0.15, -0.1) is 0 Å². The topological polar surface area (TPSA) is 86.1 Å². The molecule has 0 aliphatic carbocycles. The summed E-state index contributed by atoms with van der Waals surface area (Å²) >= 11 is 0. The fourth-order valence-electron chi connectivity index (χ4n) is 3.15. The van der Waals surface area contributed by atoms with E-state index in [1.807, 2.05) is 24.3 Å². The van der Waals surface area contributed by atoms with Crippen LogP contribution in [0, 0.1) is 5.82 Å². The smallest absolute Gasteiger partial charge is 0.309 e. The molecule has 1 N–H and O–H groups in total. The van der Waals surface area contributed by atoms with Gasteiger partial charge >= 0.3 is 5.97 Å². The summed E-state index contributed by atoms with van der Waals surface area (Å²) in [6.07, 6.45) is -0.563. The van der Waals surface area contributed by atoms with Crippen molar-refractivity contribution in [2.45, 2.75) is 19.5 Å². The van der Waals surface area contributed by atoms with Gasteiger partial charge in [0, 0.05) is 16.8 Å². The maximum absolute atomic E-state index is 13.2. The number of esters is 1. The Morgan fingerprint density at radius 3 is 2.71 bits per heavy atom. The third-order valence-electron chi connectivity index (χ3n) is 4.40. The summed E-state index contributed by atoms with van der Waals surface area (Å²) in [5, 5.41) is 7.70. The van der Waals surface area contributed by atoms with E-state index in [9.17, 15) is 14.0 Å². The van der Waals surface area contributed by atoms with Crippen molar-refractivity contribution in [3.05, 3.63) is 64.7 Å². The van der Waals surface area contributed by atoms with Crippen molar-refractivity contribution in [1.29, 1.82) is 0 Å². The molecule has 1 unspecified atom stereocenters. The van der Waals surface area contributed by atoms with Crippen molar-refractivity contribution >= 4 is 11.7 Å². The van der Waals surface area contributed by atoms with Gasteiger partial charge in [0.05, 0.1) is 13.0 Å². The number of para-hydroxylation sites is 1. The number of carbonyl (C=O) groups excluding carboxylic acids is 1. The van der Waals surface area contributed by atoms with E-state index in [0.29, 0.717) is 17.0 Å². The van der Waals surface area contributed by atoms with Gasteiger partial charge in [0.2, 0.25) is 0 Å². The Kier molecular flexibility index (Phi) is 4.60. The molecule has 142 valence electrons. The summed E-state index contributed by atoms with van der Waals surface area (Å²) in [7, 11) is 0. The van der Waals surface area contributed by atoms with E-state index >= 15 is 0 Å². The zero-order valence-electron chi connectivity index (χ0n) is 15.1. The van der Waals surface area contributed by atoms with Crippen molar-refractivity contribution in [3.8, 4) is 22.6 Å². The number of hydrogen-bond donors (Lipinski definition) is 1. The number of ether oxygens (including phenoxy) is 1. The highest BCUT2D eigenvalue weighted by atomic mass is 19.1. The minimum absolute atomic E-state index is 0.00951. The van der Waals surface area contributed by atoms with Crippen LogP contribution in [0.3, 0.4) is 0 Å². The first-order valence-electron chi connectivity index (χ1n) is 8.85. The van der Waals surface area contributed by atoms with Crippen LogP contribution < -0.4 is 10.9 Å². The van der Waals surface area contributed by atoms with Gasteiger partial charge in [-0.2, -0.15) is 10.1 Å². The number of carbonyl (C=O) groups is 1. The quantitative estimate of drug-likeness (QED) is 0.701. The summed E-state index contributed by atoms with van der Waals surface area (Å²) in [4.78, 5) is 28.9.